The molecule has 0 radical (unpaired) electrons. The van der Waals surface area contributed by atoms with Crippen LogP contribution in [0.5, 0.6) is 11.8 Å². The molecule has 1 N–H and O–H groups in total. The molecule has 9 nitrogen and oxygen atoms in total. The first-order chi connectivity index (χ1) is 17.7. The van der Waals surface area contributed by atoms with Gasteiger partial charge in [0.2, 0.25) is 5.82 Å². The van der Waals surface area contributed by atoms with Crippen molar-refractivity contribution in [1.82, 2.24) is 15.2 Å². The molecule has 0 spiro atoms. The number of hydrogen-bond donors (Lipinski definition) is 1. The molecule has 1 fully saturated rings. The molecular weight excluding hydrogens is 537 g/mol. The fraction of sp³-hybridized carbons (Fsp3) is 0.261. The van der Waals surface area contributed by atoms with Crippen molar-refractivity contribution in [2.24, 2.45) is 0 Å². The Morgan fingerprint density at radius 3 is 2.42 bits per heavy atom. The molecule has 198 valence electrons. The number of carbonyl (C=O) groups is 1. The minimum absolute atomic E-state index is 0.0976. The number of anilines is 1. The first-order valence-corrected chi connectivity index (χ1v) is 12.6. The summed E-state index contributed by atoms with van der Waals surface area (Å²) in [6, 6.07) is 6.77. The molecule has 0 aliphatic heterocycles. The second-order valence-electron chi connectivity index (χ2n) is 8.51. The maximum atomic E-state index is 14.8. The smallest absolute Gasteiger partial charge is 0.415 e. The highest BCUT2D eigenvalue weighted by atomic mass is 32.2. The summed E-state index contributed by atoms with van der Waals surface area (Å²) in [5.74, 6) is -6.29. The van der Waals surface area contributed by atoms with E-state index in [1.807, 2.05) is 6.07 Å². The molecule has 1 saturated carbocycles. The third-order valence-electron chi connectivity index (χ3n) is 5.80. The van der Waals surface area contributed by atoms with Crippen molar-refractivity contribution < 1.29 is 39.9 Å². The molecule has 0 bridgehead atoms. The van der Waals surface area contributed by atoms with Gasteiger partial charge in [0.15, 0.2) is 21.3 Å². The van der Waals surface area contributed by atoms with Gasteiger partial charge in [0.05, 0.1) is 16.4 Å². The summed E-state index contributed by atoms with van der Waals surface area (Å²) in [7, 11) is -3.68. The quantitative estimate of drug-likeness (QED) is 0.442. The zero-order chi connectivity index (χ0) is 28.0. The number of halogens is 5. The predicted molar refractivity (Wildman–Crippen MR) is 120 cm³/mol. The van der Waals surface area contributed by atoms with Crippen molar-refractivity contribution >= 4 is 21.4 Å². The molecule has 1 amide bonds. The van der Waals surface area contributed by atoms with Gasteiger partial charge in [0.25, 0.3) is 17.7 Å². The minimum atomic E-state index is -5.03. The van der Waals surface area contributed by atoms with Crippen LogP contribution in [0.1, 0.15) is 40.0 Å². The van der Waals surface area contributed by atoms with E-state index in [1.54, 1.807) is 0 Å². The van der Waals surface area contributed by atoms with Gasteiger partial charge >= 0.3 is 6.18 Å². The van der Waals surface area contributed by atoms with Crippen LogP contribution in [0.25, 0.3) is 0 Å². The number of benzene rings is 1. The number of nitriles is 1. The van der Waals surface area contributed by atoms with Gasteiger partial charge in [-0.15, -0.1) is 10.2 Å². The van der Waals surface area contributed by atoms with Crippen LogP contribution in [-0.2, 0) is 21.4 Å². The number of amides is 1. The molecule has 15 heteroatoms. The van der Waals surface area contributed by atoms with E-state index in [9.17, 15) is 40.4 Å². The molecule has 1 aromatic carbocycles. The first-order valence-electron chi connectivity index (χ1n) is 10.7. The van der Waals surface area contributed by atoms with Crippen LogP contribution in [0.15, 0.2) is 35.4 Å². The Kier molecular flexibility index (Phi) is 6.56. The zero-order valence-corrected chi connectivity index (χ0v) is 20.3. The van der Waals surface area contributed by atoms with E-state index in [1.165, 1.54) is 18.2 Å². The second-order valence-corrected chi connectivity index (χ2v) is 10.5. The lowest BCUT2D eigenvalue weighted by Crippen LogP contribution is -2.21. The van der Waals surface area contributed by atoms with Gasteiger partial charge in [-0.25, -0.2) is 17.8 Å². The molecule has 0 atom stereocenters. The maximum absolute atomic E-state index is 14.8. The molecule has 2 heterocycles. The van der Waals surface area contributed by atoms with Gasteiger partial charge in [-0.05, 0) is 43.5 Å². The van der Waals surface area contributed by atoms with E-state index in [4.69, 9.17) is 4.74 Å². The number of alkyl halides is 3. The molecule has 0 saturated heterocycles. The Morgan fingerprint density at radius 1 is 1.16 bits per heavy atom. The van der Waals surface area contributed by atoms with Crippen LogP contribution < -0.4 is 10.1 Å². The molecule has 2 aromatic heterocycles. The van der Waals surface area contributed by atoms with Crippen molar-refractivity contribution in [3.8, 4) is 17.8 Å². The van der Waals surface area contributed by atoms with Crippen LogP contribution in [0, 0.1) is 29.9 Å². The van der Waals surface area contributed by atoms with Crippen molar-refractivity contribution in [2.75, 3.05) is 11.6 Å². The van der Waals surface area contributed by atoms with E-state index in [0.717, 1.165) is 25.4 Å². The third-order valence-corrected chi connectivity index (χ3v) is 6.91. The van der Waals surface area contributed by atoms with Gasteiger partial charge in [-0.2, -0.15) is 22.8 Å². The van der Waals surface area contributed by atoms with E-state index < -0.39 is 67.6 Å². The summed E-state index contributed by atoms with van der Waals surface area (Å²) >= 11 is 0. The third kappa shape index (κ3) is 4.99. The number of hydrogen-bond acceptors (Lipinski definition) is 8. The number of sulfone groups is 1. The van der Waals surface area contributed by atoms with Crippen LogP contribution in [-0.4, -0.2) is 35.8 Å². The molecule has 4 rings (SSSR count). The highest BCUT2D eigenvalue weighted by Crippen LogP contribution is 2.49. The van der Waals surface area contributed by atoms with Gasteiger partial charge in [-0.1, -0.05) is 6.07 Å². The van der Waals surface area contributed by atoms with Gasteiger partial charge in [0.1, 0.15) is 5.56 Å². The summed E-state index contributed by atoms with van der Waals surface area (Å²) in [5, 5.41) is 17.8. The van der Waals surface area contributed by atoms with Gasteiger partial charge in [-0.3, -0.25) is 4.79 Å². The number of pyridine rings is 1. The topological polar surface area (TPSA) is 135 Å². The van der Waals surface area contributed by atoms with E-state index in [-0.39, 0.29) is 29.0 Å². The minimum Gasteiger partial charge on any atom is -0.415 e. The molecule has 0 unspecified atom stereocenters. The number of ether oxygens (including phenoxy) is 1. The van der Waals surface area contributed by atoms with Gasteiger partial charge < -0.3 is 10.1 Å². The molecule has 1 aliphatic carbocycles. The Morgan fingerprint density at radius 2 is 1.84 bits per heavy atom. The number of nitrogens with zero attached hydrogens (tertiary/aromatic N) is 4. The first kappa shape index (κ1) is 26.9. The number of aromatic nitrogens is 3. The zero-order valence-electron chi connectivity index (χ0n) is 19.5. The molecular formula is C23H16F5N5O4S. The summed E-state index contributed by atoms with van der Waals surface area (Å²) in [4.78, 5) is 16.5. The number of nitrogens with one attached hydrogen (secondary N) is 1. The summed E-state index contributed by atoms with van der Waals surface area (Å²) in [5.41, 5.74) is -4.76. The maximum Gasteiger partial charge on any atom is 0.435 e. The normalized spacial score (nSPS) is 14.5. The van der Waals surface area contributed by atoms with Crippen LogP contribution >= 0.6 is 0 Å². The Balaban J connectivity index is 1.77. The average Bonchev–Trinajstić information content (AvgIpc) is 3.62. The molecule has 1 aliphatic rings. The number of carbonyl (C=O) groups excluding carboxylic acids is 1. The average molecular weight is 553 g/mol. The molecule has 3 aromatic rings. The van der Waals surface area contributed by atoms with Crippen LogP contribution in [0.2, 0.25) is 0 Å². The Hall–Kier alpha value is -4.19. The monoisotopic (exact) mass is 553 g/mol. The lowest BCUT2D eigenvalue weighted by Gasteiger charge is -2.16. The Labute approximate surface area is 212 Å². The highest BCUT2D eigenvalue weighted by molar-refractivity contribution is 7.90. The van der Waals surface area contributed by atoms with Crippen LogP contribution in [0.4, 0.5) is 27.6 Å². The van der Waals surface area contributed by atoms with E-state index in [2.05, 4.69) is 20.5 Å². The summed E-state index contributed by atoms with van der Waals surface area (Å²) in [6.07, 6.45) is -2.68. The lowest BCUT2D eigenvalue weighted by molar-refractivity contribution is -0.142. The van der Waals surface area contributed by atoms with Crippen molar-refractivity contribution in [3.63, 3.8) is 0 Å². The van der Waals surface area contributed by atoms with E-state index >= 15 is 0 Å². The van der Waals surface area contributed by atoms with E-state index in [0.29, 0.717) is 0 Å². The van der Waals surface area contributed by atoms with Crippen molar-refractivity contribution in [3.05, 3.63) is 64.5 Å². The fourth-order valence-electron chi connectivity index (χ4n) is 3.62. The Bertz CT molecular complexity index is 1620. The number of rotatable bonds is 6. The highest BCUT2D eigenvalue weighted by Gasteiger charge is 2.48. The van der Waals surface area contributed by atoms with Crippen molar-refractivity contribution in [2.45, 2.75) is 36.3 Å². The largest absolute Gasteiger partial charge is 0.435 e. The summed E-state index contributed by atoms with van der Waals surface area (Å²) < 4.78 is 98.7. The standard InChI is InChI=1S/C23H16F5N5O4S/c1-11-15(19(34)31-12-4-3-5-13(8-12)38(2,35)36)20(33-32-18(11)23(26,27)28)37-21-17(25)16(24)14(9-30-21)22(10-29)6-7-22/h3-5,8-9H,6-7H2,1-2H3,(H,31,34). The summed E-state index contributed by atoms with van der Waals surface area (Å²) in [6.45, 7) is 0.892. The SMILES string of the molecule is Cc1c(C(F)(F)F)nnc(Oc2ncc(C3(C#N)CC3)c(F)c2F)c1C(=O)Nc1cccc(S(C)(=O)=O)c1. The lowest BCUT2D eigenvalue weighted by atomic mass is 9.99. The second kappa shape index (κ2) is 9.28. The predicted octanol–water partition coefficient (Wildman–Crippen LogP) is 4.48. The fourth-order valence-corrected chi connectivity index (χ4v) is 4.28. The van der Waals surface area contributed by atoms with Crippen LogP contribution in [0.3, 0.4) is 0 Å². The molecule has 38 heavy (non-hydrogen) atoms. The van der Waals surface area contributed by atoms with Crippen molar-refractivity contribution in [1.29, 1.82) is 5.26 Å². The van der Waals surface area contributed by atoms with Gasteiger partial charge in [0, 0.05) is 23.7 Å².